The molecule has 0 amide bonds. The molecule has 1 aromatic heterocycles. The summed E-state index contributed by atoms with van der Waals surface area (Å²) in [7, 11) is -3.22. The van der Waals surface area contributed by atoms with E-state index < -0.39 is 10.0 Å². The van der Waals surface area contributed by atoms with Gasteiger partial charge in [0.2, 0.25) is 10.0 Å². The van der Waals surface area contributed by atoms with Crippen LogP contribution in [-0.4, -0.2) is 86.7 Å². The number of sulfonamides is 1. The summed E-state index contributed by atoms with van der Waals surface area (Å²) in [4.78, 5) is 7.13. The maximum Gasteiger partial charge on any atom is 0.215 e. The first-order valence-electron chi connectivity index (χ1n) is 10.5. The van der Waals surface area contributed by atoms with E-state index >= 15 is 0 Å². The van der Waals surface area contributed by atoms with Gasteiger partial charge in [-0.05, 0) is 45.0 Å². The van der Waals surface area contributed by atoms with Crippen molar-refractivity contribution in [2.24, 2.45) is 4.99 Å². The van der Waals surface area contributed by atoms with Gasteiger partial charge < -0.3 is 15.1 Å². The Morgan fingerprint density at radius 2 is 1.97 bits per heavy atom. The van der Waals surface area contributed by atoms with Gasteiger partial charge in [0.15, 0.2) is 5.96 Å². The van der Waals surface area contributed by atoms with E-state index in [9.17, 15) is 8.42 Å². The van der Waals surface area contributed by atoms with Gasteiger partial charge in [-0.1, -0.05) is 0 Å². The van der Waals surface area contributed by atoms with E-state index in [0.29, 0.717) is 32.1 Å². The van der Waals surface area contributed by atoms with Gasteiger partial charge in [-0.25, -0.2) is 12.7 Å². The molecule has 1 unspecified atom stereocenters. The molecule has 172 valence electrons. The summed E-state index contributed by atoms with van der Waals surface area (Å²) in [6, 6.07) is 4.02. The number of nitrogens with one attached hydrogen (secondary N) is 2. The molecule has 2 aliphatic rings. The standard InChI is InChI=1S/C19H33N5O3S2.HI/c1-2-20-19(21-7-15-29(25,26)24-10-13-28-14-11-24)22-16-17(18-6-5-12-27-18)23-8-3-4-9-23;/h5-6,12,17H,2-4,7-11,13-16H2,1H3,(H2,20,21,22);1H. The summed E-state index contributed by atoms with van der Waals surface area (Å²) in [6.45, 7) is 6.96. The van der Waals surface area contributed by atoms with Gasteiger partial charge in [-0.3, -0.25) is 9.89 Å². The Kier molecular flexibility index (Phi) is 11.3. The second kappa shape index (κ2) is 13.1. The highest BCUT2D eigenvalue weighted by atomic mass is 127. The van der Waals surface area contributed by atoms with Gasteiger partial charge in [0, 0.05) is 37.7 Å². The van der Waals surface area contributed by atoms with Crippen LogP contribution in [0.1, 0.15) is 31.6 Å². The smallest absolute Gasteiger partial charge is 0.215 e. The summed E-state index contributed by atoms with van der Waals surface area (Å²) in [6.07, 6.45) is 4.10. The van der Waals surface area contributed by atoms with Crippen molar-refractivity contribution in [1.29, 1.82) is 0 Å². The molecule has 3 rings (SSSR count). The first-order valence-corrected chi connectivity index (χ1v) is 13.2. The summed E-state index contributed by atoms with van der Waals surface area (Å²) < 4.78 is 32.3. The number of hydrogen-bond donors (Lipinski definition) is 2. The van der Waals surface area contributed by atoms with Crippen LogP contribution in [0.2, 0.25) is 0 Å². The van der Waals surface area contributed by atoms with Gasteiger partial charge >= 0.3 is 0 Å². The van der Waals surface area contributed by atoms with Crippen LogP contribution < -0.4 is 10.6 Å². The van der Waals surface area contributed by atoms with Crippen molar-refractivity contribution >= 4 is 51.7 Å². The fourth-order valence-electron chi connectivity index (χ4n) is 3.69. The number of halogens is 1. The third-order valence-corrected chi connectivity index (χ3v) is 8.05. The zero-order valence-electron chi connectivity index (χ0n) is 17.6. The summed E-state index contributed by atoms with van der Waals surface area (Å²) in [5.41, 5.74) is 0. The van der Waals surface area contributed by atoms with E-state index in [0.717, 1.165) is 36.9 Å². The minimum Gasteiger partial charge on any atom is -0.468 e. The Labute approximate surface area is 201 Å². The third kappa shape index (κ3) is 7.57. The molecule has 11 heteroatoms. The molecule has 0 aromatic carbocycles. The molecular formula is C19H34IN5O3S2. The number of rotatable bonds is 9. The van der Waals surface area contributed by atoms with E-state index in [-0.39, 0.29) is 35.8 Å². The van der Waals surface area contributed by atoms with E-state index in [2.05, 4.69) is 15.5 Å². The lowest BCUT2D eigenvalue weighted by molar-refractivity contribution is 0.221. The molecule has 0 bridgehead atoms. The van der Waals surface area contributed by atoms with Gasteiger partial charge in [0.25, 0.3) is 0 Å². The van der Waals surface area contributed by atoms with Gasteiger partial charge in [0.05, 0.1) is 24.6 Å². The molecule has 0 spiro atoms. The summed E-state index contributed by atoms with van der Waals surface area (Å²) in [5, 5.41) is 6.40. The average Bonchev–Trinajstić information content (AvgIpc) is 3.43. The van der Waals surface area contributed by atoms with Gasteiger partial charge in [0.1, 0.15) is 5.76 Å². The first-order chi connectivity index (χ1) is 14.1. The maximum atomic E-state index is 12.5. The van der Waals surface area contributed by atoms with Crippen molar-refractivity contribution < 1.29 is 12.8 Å². The van der Waals surface area contributed by atoms with Gasteiger partial charge in [-0.15, -0.1) is 24.0 Å². The lowest BCUT2D eigenvalue weighted by Crippen LogP contribution is -2.44. The zero-order chi connectivity index (χ0) is 20.5. The van der Waals surface area contributed by atoms with Crippen molar-refractivity contribution in [3.8, 4) is 0 Å². The third-order valence-electron chi connectivity index (χ3n) is 5.24. The second-order valence-corrected chi connectivity index (χ2v) is 10.6. The zero-order valence-corrected chi connectivity index (χ0v) is 21.5. The lowest BCUT2D eigenvalue weighted by atomic mass is 10.2. The number of thioether (sulfide) groups is 1. The molecule has 3 heterocycles. The second-order valence-electron chi connectivity index (χ2n) is 7.25. The molecule has 2 saturated heterocycles. The molecule has 0 saturated carbocycles. The molecule has 0 radical (unpaired) electrons. The first kappa shape index (κ1) is 25.8. The molecule has 1 atom stereocenters. The van der Waals surface area contributed by atoms with Crippen LogP contribution in [0, 0.1) is 0 Å². The number of guanidine groups is 1. The number of hydrogen-bond acceptors (Lipinski definition) is 6. The highest BCUT2D eigenvalue weighted by Crippen LogP contribution is 2.25. The quantitative estimate of drug-likeness (QED) is 0.266. The molecule has 1 aromatic rings. The number of aliphatic imine (C=N–C) groups is 1. The van der Waals surface area contributed by atoms with E-state index in [1.807, 2.05) is 19.1 Å². The van der Waals surface area contributed by atoms with Crippen molar-refractivity contribution in [2.45, 2.75) is 25.8 Å². The van der Waals surface area contributed by atoms with E-state index in [1.165, 1.54) is 12.8 Å². The molecule has 0 aliphatic carbocycles. The number of likely N-dealkylation sites (tertiary alicyclic amines) is 1. The van der Waals surface area contributed by atoms with Crippen molar-refractivity contribution in [3.63, 3.8) is 0 Å². The largest absolute Gasteiger partial charge is 0.468 e. The Morgan fingerprint density at radius 1 is 1.23 bits per heavy atom. The van der Waals surface area contributed by atoms with Crippen LogP contribution in [-0.2, 0) is 10.0 Å². The average molecular weight is 572 g/mol. The minimum atomic E-state index is -3.22. The monoisotopic (exact) mass is 571 g/mol. The van der Waals surface area contributed by atoms with Crippen LogP contribution in [0.15, 0.2) is 27.8 Å². The fourth-order valence-corrected chi connectivity index (χ4v) is 6.18. The van der Waals surface area contributed by atoms with Gasteiger partial charge in [-0.2, -0.15) is 11.8 Å². The molecule has 30 heavy (non-hydrogen) atoms. The van der Waals surface area contributed by atoms with Crippen LogP contribution in [0.25, 0.3) is 0 Å². The van der Waals surface area contributed by atoms with Crippen molar-refractivity contribution in [2.75, 3.05) is 63.1 Å². The van der Waals surface area contributed by atoms with Crippen molar-refractivity contribution in [1.82, 2.24) is 19.8 Å². The Bertz CT molecular complexity index is 733. The molecular weight excluding hydrogens is 537 g/mol. The lowest BCUT2D eigenvalue weighted by Gasteiger charge is -2.26. The Hall–Kier alpha value is -0.500. The Balaban J connectivity index is 0.00000320. The summed E-state index contributed by atoms with van der Waals surface area (Å²) >= 11 is 1.81. The summed E-state index contributed by atoms with van der Waals surface area (Å²) in [5.74, 6) is 3.41. The number of furan rings is 1. The molecule has 2 fully saturated rings. The van der Waals surface area contributed by atoms with Crippen LogP contribution in [0.4, 0.5) is 0 Å². The maximum absolute atomic E-state index is 12.5. The minimum absolute atomic E-state index is 0. The molecule has 8 nitrogen and oxygen atoms in total. The van der Waals surface area contributed by atoms with Crippen LogP contribution in [0.3, 0.4) is 0 Å². The highest BCUT2D eigenvalue weighted by Gasteiger charge is 2.26. The van der Waals surface area contributed by atoms with E-state index in [1.54, 1.807) is 22.3 Å². The predicted octanol–water partition coefficient (Wildman–Crippen LogP) is 1.97. The van der Waals surface area contributed by atoms with Crippen LogP contribution >= 0.6 is 35.7 Å². The topological polar surface area (TPSA) is 90.2 Å². The normalized spacial score (nSPS) is 20.0. The Morgan fingerprint density at radius 3 is 2.60 bits per heavy atom. The molecule has 2 N–H and O–H groups in total. The van der Waals surface area contributed by atoms with E-state index in [4.69, 9.17) is 9.41 Å². The highest BCUT2D eigenvalue weighted by molar-refractivity contribution is 14.0. The molecule has 2 aliphatic heterocycles. The fraction of sp³-hybridized carbons (Fsp3) is 0.737. The SMILES string of the molecule is CCNC(=NCC(c1ccco1)N1CCCC1)NCCS(=O)(=O)N1CCSCC1.I. The number of nitrogens with zero attached hydrogens (tertiary/aromatic N) is 3. The van der Waals surface area contributed by atoms with Crippen molar-refractivity contribution in [3.05, 3.63) is 24.2 Å². The van der Waals surface area contributed by atoms with Crippen LogP contribution in [0.5, 0.6) is 0 Å². The predicted molar refractivity (Wildman–Crippen MR) is 134 cm³/mol.